The van der Waals surface area contributed by atoms with Crippen molar-refractivity contribution in [3.8, 4) is 0 Å². The van der Waals surface area contributed by atoms with Crippen LogP contribution in [0.25, 0.3) is 0 Å². The maximum Gasteiger partial charge on any atom is 0.137 e. The Morgan fingerprint density at radius 2 is 1.84 bits per heavy atom. The average Bonchev–Trinajstić information content (AvgIpc) is 2.37. The normalized spacial score (nSPS) is 12.5. The summed E-state index contributed by atoms with van der Waals surface area (Å²) in [6.07, 6.45) is 0. The lowest BCUT2D eigenvalue weighted by Crippen LogP contribution is -2.30. The molecule has 0 amide bonds. The average molecular weight is 348 g/mol. The summed E-state index contributed by atoms with van der Waals surface area (Å²) in [5, 5.41) is 0.287. The molecule has 1 atom stereocenters. The van der Waals surface area contributed by atoms with Gasteiger partial charge in [-0.2, -0.15) is 0 Å². The van der Waals surface area contributed by atoms with Gasteiger partial charge in [-0.1, -0.05) is 29.8 Å². The van der Waals surface area contributed by atoms with E-state index in [1.807, 2.05) is 0 Å². The molecule has 0 saturated heterocycles. The van der Waals surface area contributed by atoms with Crippen LogP contribution in [0.3, 0.4) is 0 Å². The number of hydrogen-bond donors (Lipinski definition) is 2. The topological polar surface area (TPSA) is 38.0 Å². The van der Waals surface area contributed by atoms with Gasteiger partial charge in [0.25, 0.3) is 0 Å². The van der Waals surface area contributed by atoms with Crippen molar-refractivity contribution in [1.29, 1.82) is 0 Å². The van der Waals surface area contributed by atoms with E-state index in [0.29, 0.717) is 11.1 Å². The quantitative estimate of drug-likeness (QED) is 0.652. The van der Waals surface area contributed by atoms with Gasteiger partial charge in [0.05, 0.1) is 10.5 Å². The predicted octanol–water partition coefficient (Wildman–Crippen LogP) is 3.93. The molecule has 0 spiro atoms. The van der Waals surface area contributed by atoms with E-state index in [4.69, 9.17) is 17.4 Å². The predicted molar refractivity (Wildman–Crippen MR) is 74.7 cm³/mol. The summed E-state index contributed by atoms with van der Waals surface area (Å²) in [5.41, 5.74) is 3.28. The molecule has 2 aromatic rings. The monoisotopic (exact) mass is 346 g/mol. The van der Waals surface area contributed by atoms with Gasteiger partial charge >= 0.3 is 0 Å². The van der Waals surface area contributed by atoms with E-state index in [1.165, 1.54) is 24.3 Å². The maximum absolute atomic E-state index is 13.9. The van der Waals surface area contributed by atoms with Crippen LogP contribution in [-0.2, 0) is 0 Å². The van der Waals surface area contributed by atoms with E-state index in [1.54, 1.807) is 12.1 Å². The Balaban J connectivity index is 2.53. The molecule has 2 rings (SSSR count). The lowest BCUT2D eigenvalue weighted by molar-refractivity contribution is 0.553. The Morgan fingerprint density at radius 3 is 2.47 bits per heavy atom. The Labute approximate surface area is 122 Å². The highest BCUT2D eigenvalue weighted by atomic mass is 79.9. The van der Waals surface area contributed by atoms with Crippen molar-refractivity contribution in [2.24, 2.45) is 5.84 Å². The first-order valence-electron chi connectivity index (χ1n) is 5.39. The Kier molecular flexibility index (Phi) is 4.52. The second kappa shape index (κ2) is 5.96. The molecule has 1 unspecified atom stereocenters. The Morgan fingerprint density at radius 1 is 1.11 bits per heavy atom. The van der Waals surface area contributed by atoms with Gasteiger partial charge < -0.3 is 0 Å². The molecule has 0 aliphatic heterocycles. The van der Waals surface area contributed by atoms with Crippen LogP contribution in [0.15, 0.2) is 40.9 Å². The van der Waals surface area contributed by atoms with Gasteiger partial charge in [-0.15, -0.1) is 0 Å². The fraction of sp³-hybridized carbons (Fsp3) is 0.0769. The van der Waals surface area contributed by atoms with E-state index >= 15 is 0 Å². The minimum absolute atomic E-state index is 0.243. The highest BCUT2D eigenvalue weighted by molar-refractivity contribution is 9.10. The third kappa shape index (κ3) is 2.95. The van der Waals surface area contributed by atoms with E-state index < -0.39 is 17.7 Å². The Bertz CT molecular complexity index is 607. The summed E-state index contributed by atoms with van der Waals surface area (Å²) in [7, 11) is 0. The zero-order chi connectivity index (χ0) is 14.0. The standard InChI is InChI=1S/C13H10BrClF2N2/c14-12-9(2-1-3-10(12)16)13(19-18)8-5-4-7(15)6-11(8)17/h1-6,13,19H,18H2. The van der Waals surface area contributed by atoms with E-state index in [2.05, 4.69) is 21.4 Å². The number of hydrazine groups is 1. The molecular formula is C13H10BrClF2N2. The number of benzene rings is 2. The first-order valence-corrected chi connectivity index (χ1v) is 6.56. The third-order valence-corrected chi connectivity index (χ3v) is 3.80. The second-order valence-electron chi connectivity index (χ2n) is 3.91. The minimum Gasteiger partial charge on any atom is -0.271 e. The van der Waals surface area contributed by atoms with Crippen molar-refractivity contribution < 1.29 is 8.78 Å². The third-order valence-electron chi connectivity index (χ3n) is 2.73. The molecule has 0 bridgehead atoms. The van der Waals surface area contributed by atoms with Crippen molar-refractivity contribution in [1.82, 2.24) is 5.43 Å². The van der Waals surface area contributed by atoms with Gasteiger partial charge in [-0.3, -0.25) is 5.84 Å². The molecular weight excluding hydrogens is 338 g/mol. The van der Waals surface area contributed by atoms with Crippen LogP contribution in [0, 0.1) is 11.6 Å². The maximum atomic E-state index is 13.9. The number of nitrogens with two attached hydrogens (primary N) is 1. The summed E-state index contributed by atoms with van der Waals surface area (Å²) in [6.45, 7) is 0. The highest BCUT2D eigenvalue weighted by Gasteiger charge is 2.20. The van der Waals surface area contributed by atoms with Gasteiger partial charge in [-0.05, 0) is 39.7 Å². The molecule has 0 aliphatic rings. The van der Waals surface area contributed by atoms with Gasteiger partial charge in [-0.25, -0.2) is 14.2 Å². The molecule has 0 aliphatic carbocycles. The van der Waals surface area contributed by atoms with Crippen molar-refractivity contribution in [2.75, 3.05) is 0 Å². The largest absolute Gasteiger partial charge is 0.271 e. The summed E-state index contributed by atoms with van der Waals surface area (Å²) in [4.78, 5) is 0. The molecule has 0 aromatic heterocycles. The van der Waals surface area contributed by atoms with Crippen molar-refractivity contribution >= 4 is 27.5 Å². The second-order valence-corrected chi connectivity index (χ2v) is 5.14. The minimum atomic E-state index is -0.678. The number of nitrogens with one attached hydrogen (secondary N) is 1. The zero-order valence-electron chi connectivity index (χ0n) is 9.63. The molecule has 3 N–H and O–H groups in total. The van der Waals surface area contributed by atoms with Crippen LogP contribution >= 0.6 is 27.5 Å². The first-order chi connectivity index (χ1) is 9.04. The number of halogens is 4. The lowest BCUT2D eigenvalue weighted by Gasteiger charge is -2.19. The van der Waals surface area contributed by atoms with Crippen LogP contribution < -0.4 is 11.3 Å². The Hall–Kier alpha value is -1.01. The summed E-state index contributed by atoms with van der Waals surface area (Å²) in [6, 6.07) is 8.08. The number of hydrogen-bond acceptors (Lipinski definition) is 2. The summed E-state index contributed by atoms with van der Waals surface area (Å²) < 4.78 is 27.7. The SMILES string of the molecule is NNC(c1ccc(Cl)cc1F)c1cccc(F)c1Br. The van der Waals surface area contributed by atoms with Crippen LogP contribution in [0.2, 0.25) is 5.02 Å². The van der Waals surface area contributed by atoms with Gasteiger partial charge in [0.15, 0.2) is 0 Å². The first kappa shape index (κ1) is 14.4. The molecule has 19 heavy (non-hydrogen) atoms. The summed E-state index contributed by atoms with van der Waals surface area (Å²) in [5.74, 6) is 4.52. The fourth-order valence-electron chi connectivity index (χ4n) is 1.83. The molecule has 0 radical (unpaired) electrons. The van der Waals surface area contributed by atoms with Gasteiger partial charge in [0, 0.05) is 10.6 Å². The van der Waals surface area contributed by atoms with Crippen LogP contribution in [0.4, 0.5) is 8.78 Å². The van der Waals surface area contributed by atoms with E-state index in [0.717, 1.165) is 0 Å². The van der Waals surface area contributed by atoms with Gasteiger partial charge in [0.1, 0.15) is 11.6 Å². The lowest BCUT2D eigenvalue weighted by atomic mass is 9.99. The molecule has 6 heteroatoms. The van der Waals surface area contributed by atoms with Crippen LogP contribution in [0.1, 0.15) is 17.2 Å². The number of rotatable bonds is 3. The van der Waals surface area contributed by atoms with E-state index in [-0.39, 0.29) is 9.50 Å². The molecule has 0 heterocycles. The summed E-state index contributed by atoms with van der Waals surface area (Å²) >= 11 is 8.85. The molecule has 2 aromatic carbocycles. The zero-order valence-corrected chi connectivity index (χ0v) is 12.0. The molecule has 0 saturated carbocycles. The van der Waals surface area contributed by atoms with Gasteiger partial charge in [0.2, 0.25) is 0 Å². The molecule has 0 fully saturated rings. The van der Waals surface area contributed by atoms with Crippen molar-refractivity contribution in [3.63, 3.8) is 0 Å². The smallest absolute Gasteiger partial charge is 0.137 e. The van der Waals surface area contributed by atoms with Crippen molar-refractivity contribution in [2.45, 2.75) is 6.04 Å². The van der Waals surface area contributed by atoms with Crippen molar-refractivity contribution in [3.05, 3.63) is 68.7 Å². The van der Waals surface area contributed by atoms with Crippen LogP contribution in [-0.4, -0.2) is 0 Å². The fourth-order valence-corrected chi connectivity index (χ4v) is 2.48. The van der Waals surface area contributed by atoms with E-state index in [9.17, 15) is 8.78 Å². The molecule has 2 nitrogen and oxygen atoms in total. The highest BCUT2D eigenvalue weighted by Crippen LogP contribution is 2.31. The molecule has 100 valence electrons. The van der Waals surface area contributed by atoms with Crippen LogP contribution in [0.5, 0.6) is 0 Å².